The van der Waals surface area contributed by atoms with Crippen LogP contribution in [0.2, 0.25) is 0 Å². The van der Waals surface area contributed by atoms with Crippen LogP contribution in [0.5, 0.6) is 11.5 Å². The molecular formula is C14H22N2O3. The topological polar surface area (TPSA) is 73.6 Å². The lowest BCUT2D eigenvalue weighted by Crippen LogP contribution is -2.27. The van der Waals surface area contributed by atoms with Crippen molar-refractivity contribution in [3.8, 4) is 11.5 Å². The Labute approximate surface area is 114 Å². The standard InChI is InChI=1S/C14H22N2O3/c1-10(16-14(17)5-4-8-15)12-7-6-11(18-2)9-13(12)19-3/h6-7,9-10H,4-5,8,15H2,1-3H3,(H,16,17). The van der Waals surface area contributed by atoms with Crippen molar-refractivity contribution in [2.24, 2.45) is 5.73 Å². The highest BCUT2D eigenvalue weighted by Crippen LogP contribution is 2.29. The van der Waals surface area contributed by atoms with Gasteiger partial charge < -0.3 is 20.5 Å². The Bertz CT molecular complexity index is 421. The number of rotatable bonds is 7. The van der Waals surface area contributed by atoms with Crippen molar-refractivity contribution in [3.05, 3.63) is 23.8 Å². The molecule has 0 heterocycles. The Balaban J connectivity index is 2.75. The van der Waals surface area contributed by atoms with E-state index in [9.17, 15) is 4.79 Å². The summed E-state index contributed by atoms with van der Waals surface area (Å²) in [5.74, 6) is 1.42. The number of benzene rings is 1. The molecule has 106 valence electrons. The summed E-state index contributed by atoms with van der Waals surface area (Å²) in [6.07, 6.45) is 1.14. The summed E-state index contributed by atoms with van der Waals surface area (Å²) in [6.45, 7) is 2.44. The van der Waals surface area contributed by atoms with Crippen molar-refractivity contribution in [1.82, 2.24) is 5.32 Å². The molecule has 1 aromatic rings. The first-order valence-corrected chi connectivity index (χ1v) is 6.33. The fourth-order valence-electron chi connectivity index (χ4n) is 1.83. The third-order valence-electron chi connectivity index (χ3n) is 2.89. The summed E-state index contributed by atoms with van der Waals surface area (Å²) < 4.78 is 10.5. The Kier molecular flexibility index (Phi) is 6.15. The molecule has 1 amide bonds. The molecule has 1 rings (SSSR count). The van der Waals surface area contributed by atoms with Gasteiger partial charge in [0.25, 0.3) is 0 Å². The van der Waals surface area contributed by atoms with E-state index in [0.29, 0.717) is 25.1 Å². The Hall–Kier alpha value is -1.75. The van der Waals surface area contributed by atoms with Gasteiger partial charge in [0, 0.05) is 18.1 Å². The van der Waals surface area contributed by atoms with Crippen LogP contribution < -0.4 is 20.5 Å². The van der Waals surface area contributed by atoms with E-state index < -0.39 is 0 Å². The van der Waals surface area contributed by atoms with Crippen LogP contribution in [0.15, 0.2) is 18.2 Å². The van der Waals surface area contributed by atoms with Gasteiger partial charge in [0.1, 0.15) is 11.5 Å². The average molecular weight is 266 g/mol. The molecule has 0 saturated carbocycles. The molecule has 1 atom stereocenters. The predicted molar refractivity (Wildman–Crippen MR) is 74.4 cm³/mol. The van der Waals surface area contributed by atoms with Gasteiger partial charge in [-0.25, -0.2) is 0 Å². The molecular weight excluding hydrogens is 244 g/mol. The molecule has 0 aliphatic rings. The highest BCUT2D eigenvalue weighted by molar-refractivity contribution is 5.76. The first-order chi connectivity index (χ1) is 9.12. The van der Waals surface area contributed by atoms with E-state index in [1.807, 2.05) is 19.1 Å². The molecule has 3 N–H and O–H groups in total. The van der Waals surface area contributed by atoms with Gasteiger partial charge in [0.15, 0.2) is 0 Å². The molecule has 0 saturated heterocycles. The minimum Gasteiger partial charge on any atom is -0.497 e. The number of carbonyl (C=O) groups is 1. The van der Waals surface area contributed by atoms with Gasteiger partial charge in [0.2, 0.25) is 5.91 Å². The highest BCUT2D eigenvalue weighted by Gasteiger charge is 2.14. The van der Waals surface area contributed by atoms with Crippen LogP contribution in [0.1, 0.15) is 31.4 Å². The lowest BCUT2D eigenvalue weighted by Gasteiger charge is -2.18. The number of ether oxygens (including phenoxy) is 2. The van der Waals surface area contributed by atoms with Gasteiger partial charge in [0.05, 0.1) is 20.3 Å². The van der Waals surface area contributed by atoms with Crippen LogP contribution in [0.3, 0.4) is 0 Å². The van der Waals surface area contributed by atoms with Crippen LogP contribution in [0.4, 0.5) is 0 Å². The second-order valence-electron chi connectivity index (χ2n) is 4.29. The Morgan fingerprint density at radius 3 is 2.68 bits per heavy atom. The summed E-state index contributed by atoms with van der Waals surface area (Å²) >= 11 is 0. The van der Waals surface area contributed by atoms with Crippen LogP contribution >= 0.6 is 0 Å². The maximum Gasteiger partial charge on any atom is 0.220 e. The minimum atomic E-state index is -0.119. The smallest absolute Gasteiger partial charge is 0.220 e. The second-order valence-corrected chi connectivity index (χ2v) is 4.29. The van der Waals surface area contributed by atoms with Crippen molar-refractivity contribution >= 4 is 5.91 Å². The minimum absolute atomic E-state index is 0.00387. The number of nitrogens with two attached hydrogens (primary N) is 1. The molecule has 19 heavy (non-hydrogen) atoms. The van der Waals surface area contributed by atoms with Crippen LogP contribution in [0.25, 0.3) is 0 Å². The third kappa shape index (κ3) is 4.44. The highest BCUT2D eigenvalue weighted by atomic mass is 16.5. The van der Waals surface area contributed by atoms with Gasteiger partial charge in [-0.15, -0.1) is 0 Å². The van der Waals surface area contributed by atoms with Crippen molar-refractivity contribution in [3.63, 3.8) is 0 Å². The molecule has 5 nitrogen and oxygen atoms in total. The normalized spacial score (nSPS) is 11.8. The summed E-state index contributed by atoms with van der Waals surface area (Å²) in [7, 11) is 3.20. The van der Waals surface area contributed by atoms with Gasteiger partial charge in [-0.3, -0.25) is 4.79 Å². The SMILES string of the molecule is COc1ccc(C(C)NC(=O)CCCN)c(OC)c1. The lowest BCUT2D eigenvalue weighted by molar-refractivity contribution is -0.121. The number of amides is 1. The summed E-state index contributed by atoms with van der Waals surface area (Å²) in [6, 6.07) is 5.43. The number of methoxy groups -OCH3 is 2. The van der Waals surface area contributed by atoms with Crippen molar-refractivity contribution < 1.29 is 14.3 Å². The summed E-state index contributed by atoms with van der Waals surface area (Å²) in [5, 5.41) is 2.93. The molecule has 0 fully saturated rings. The average Bonchev–Trinajstić information content (AvgIpc) is 2.44. The number of hydrogen-bond donors (Lipinski definition) is 2. The van der Waals surface area contributed by atoms with E-state index in [1.165, 1.54) is 0 Å². The van der Waals surface area contributed by atoms with Gasteiger partial charge in [-0.1, -0.05) is 0 Å². The van der Waals surface area contributed by atoms with E-state index in [4.69, 9.17) is 15.2 Å². The Morgan fingerprint density at radius 2 is 2.11 bits per heavy atom. The molecule has 0 aromatic heterocycles. The first-order valence-electron chi connectivity index (χ1n) is 6.33. The van der Waals surface area contributed by atoms with Gasteiger partial charge in [-0.2, -0.15) is 0 Å². The number of hydrogen-bond acceptors (Lipinski definition) is 4. The monoisotopic (exact) mass is 266 g/mol. The molecule has 1 unspecified atom stereocenters. The zero-order valence-electron chi connectivity index (χ0n) is 11.7. The quantitative estimate of drug-likeness (QED) is 0.786. The lowest BCUT2D eigenvalue weighted by atomic mass is 10.1. The number of nitrogens with one attached hydrogen (secondary N) is 1. The largest absolute Gasteiger partial charge is 0.497 e. The molecule has 5 heteroatoms. The predicted octanol–water partition coefficient (Wildman–Crippen LogP) is 1.62. The Morgan fingerprint density at radius 1 is 1.37 bits per heavy atom. The zero-order chi connectivity index (χ0) is 14.3. The molecule has 0 spiro atoms. The van der Waals surface area contributed by atoms with Crippen molar-refractivity contribution in [1.29, 1.82) is 0 Å². The molecule has 1 aromatic carbocycles. The van der Waals surface area contributed by atoms with Crippen LogP contribution in [-0.4, -0.2) is 26.7 Å². The maximum atomic E-state index is 11.7. The third-order valence-corrected chi connectivity index (χ3v) is 2.89. The van der Waals surface area contributed by atoms with E-state index in [2.05, 4.69) is 5.32 Å². The van der Waals surface area contributed by atoms with E-state index in [1.54, 1.807) is 20.3 Å². The maximum absolute atomic E-state index is 11.7. The van der Waals surface area contributed by atoms with Crippen LogP contribution in [-0.2, 0) is 4.79 Å². The van der Waals surface area contributed by atoms with Gasteiger partial charge in [-0.05, 0) is 32.0 Å². The van der Waals surface area contributed by atoms with Gasteiger partial charge >= 0.3 is 0 Å². The molecule has 0 aliphatic heterocycles. The molecule has 0 radical (unpaired) electrons. The fraction of sp³-hybridized carbons (Fsp3) is 0.500. The first kappa shape index (κ1) is 15.3. The fourth-order valence-corrected chi connectivity index (χ4v) is 1.83. The van der Waals surface area contributed by atoms with Crippen molar-refractivity contribution in [2.75, 3.05) is 20.8 Å². The summed E-state index contributed by atoms with van der Waals surface area (Å²) in [5.41, 5.74) is 6.30. The number of carbonyl (C=O) groups excluding carboxylic acids is 1. The van der Waals surface area contributed by atoms with E-state index in [-0.39, 0.29) is 11.9 Å². The summed E-state index contributed by atoms with van der Waals surface area (Å²) in [4.78, 5) is 11.7. The van der Waals surface area contributed by atoms with Crippen molar-refractivity contribution in [2.45, 2.75) is 25.8 Å². The second kappa shape index (κ2) is 7.63. The molecule has 0 bridgehead atoms. The molecule has 0 aliphatic carbocycles. The van der Waals surface area contributed by atoms with Crippen LogP contribution in [0, 0.1) is 0 Å². The van der Waals surface area contributed by atoms with E-state index >= 15 is 0 Å². The zero-order valence-corrected chi connectivity index (χ0v) is 11.7. The van der Waals surface area contributed by atoms with E-state index in [0.717, 1.165) is 11.3 Å².